The van der Waals surface area contributed by atoms with E-state index in [-0.39, 0.29) is 18.2 Å². The molecular formula is C26H25N5O5. The average molecular weight is 488 g/mol. The van der Waals surface area contributed by atoms with Crippen molar-refractivity contribution >= 4 is 28.2 Å². The third kappa shape index (κ3) is 4.57. The molecular weight excluding hydrogens is 462 g/mol. The van der Waals surface area contributed by atoms with Gasteiger partial charge in [-0.3, -0.25) is 14.9 Å². The normalized spacial score (nSPS) is 13.7. The van der Waals surface area contributed by atoms with E-state index in [9.17, 15) is 14.9 Å². The Bertz CT molecular complexity index is 1410. The number of nitro groups is 1. The smallest absolute Gasteiger partial charge is 0.287 e. The van der Waals surface area contributed by atoms with Gasteiger partial charge in [0.1, 0.15) is 30.1 Å². The number of aromatic nitrogens is 2. The molecule has 0 aliphatic carbocycles. The van der Waals surface area contributed by atoms with Gasteiger partial charge < -0.3 is 19.1 Å². The predicted octanol–water partition coefficient (Wildman–Crippen LogP) is 4.29. The number of fused-ring (bicyclic) bond motifs is 1. The molecule has 10 nitrogen and oxygen atoms in total. The summed E-state index contributed by atoms with van der Waals surface area (Å²) in [6, 6.07) is 14.7. The maximum atomic E-state index is 13.6. The number of rotatable bonds is 6. The second-order valence-corrected chi connectivity index (χ2v) is 8.70. The monoisotopic (exact) mass is 487 g/mol. The molecule has 0 spiro atoms. The van der Waals surface area contributed by atoms with E-state index in [0.29, 0.717) is 49.1 Å². The summed E-state index contributed by atoms with van der Waals surface area (Å²) in [5.74, 6) is 1.75. The summed E-state index contributed by atoms with van der Waals surface area (Å²) in [4.78, 5) is 32.1. The Labute approximate surface area is 207 Å². The second kappa shape index (κ2) is 9.65. The number of carbonyl (C=O) groups is 1. The Kier molecular flexibility index (Phi) is 6.24. The second-order valence-electron chi connectivity index (χ2n) is 8.70. The van der Waals surface area contributed by atoms with Gasteiger partial charge >= 0.3 is 0 Å². The topological polar surface area (TPSA) is 115 Å². The summed E-state index contributed by atoms with van der Waals surface area (Å²) in [7, 11) is 0. The van der Waals surface area contributed by atoms with Gasteiger partial charge in [0, 0.05) is 32.2 Å². The highest BCUT2D eigenvalue weighted by Crippen LogP contribution is 2.29. The van der Waals surface area contributed by atoms with Gasteiger partial charge in [0.25, 0.3) is 11.6 Å². The first-order valence-corrected chi connectivity index (χ1v) is 11.6. The zero-order valence-corrected chi connectivity index (χ0v) is 20.0. The van der Waals surface area contributed by atoms with Crippen LogP contribution in [0.15, 0.2) is 59.3 Å². The molecule has 0 bridgehead atoms. The number of hydrogen-bond donors (Lipinski definition) is 0. The van der Waals surface area contributed by atoms with Gasteiger partial charge in [0.15, 0.2) is 0 Å². The molecule has 1 amide bonds. The molecule has 0 saturated carbocycles. The first-order chi connectivity index (χ1) is 17.4. The van der Waals surface area contributed by atoms with E-state index < -0.39 is 4.92 Å². The molecule has 0 atom stereocenters. The number of aryl methyl sites for hydroxylation is 2. The molecule has 10 heteroatoms. The lowest BCUT2D eigenvalue weighted by atomic mass is 10.0. The van der Waals surface area contributed by atoms with E-state index in [1.54, 1.807) is 11.0 Å². The highest BCUT2D eigenvalue weighted by molar-refractivity contribution is 6.01. The van der Waals surface area contributed by atoms with E-state index in [4.69, 9.17) is 9.26 Å². The first kappa shape index (κ1) is 23.3. The van der Waals surface area contributed by atoms with Crippen LogP contribution in [0.2, 0.25) is 0 Å². The molecule has 2 aromatic carbocycles. The summed E-state index contributed by atoms with van der Waals surface area (Å²) in [5, 5.41) is 16.8. The van der Waals surface area contributed by atoms with Gasteiger partial charge in [-0.25, -0.2) is 4.98 Å². The maximum Gasteiger partial charge on any atom is 0.287 e. The zero-order chi connectivity index (χ0) is 25.2. The van der Waals surface area contributed by atoms with Crippen LogP contribution >= 0.6 is 0 Å². The lowest BCUT2D eigenvalue weighted by molar-refractivity contribution is -0.385. The number of nitrogens with zero attached hydrogens (tertiary/aromatic N) is 5. The summed E-state index contributed by atoms with van der Waals surface area (Å²) in [5.41, 5.74) is 2.08. The Morgan fingerprint density at radius 3 is 2.42 bits per heavy atom. The van der Waals surface area contributed by atoms with Crippen LogP contribution in [-0.4, -0.2) is 52.1 Å². The minimum absolute atomic E-state index is 0.0482. The molecule has 36 heavy (non-hydrogen) atoms. The lowest BCUT2D eigenvalue weighted by Crippen LogP contribution is -2.49. The number of ether oxygens (including phenoxy) is 1. The van der Waals surface area contributed by atoms with E-state index >= 15 is 0 Å². The van der Waals surface area contributed by atoms with Crippen LogP contribution in [0.5, 0.6) is 5.75 Å². The van der Waals surface area contributed by atoms with E-state index in [1.165, 1.54) is 12.3 Å². The third-order valence-electron chi connectivity index (χ3n) is 6.47. The minimum atomic E-state index is -0.470. The van der Waals surface area contributed by atoms with Crippen molar-refractivity contribution in [3.63, 3.8) is 0 Å². The van der Waals surface area contributed by atoms with E-state index in [0.717, 1.165) is 22.0 Å². The Hall–Kier alpha value is -4.47. The molecule has 5 rings (SSSR count). The zero-order valence-electron chi connectivity index (χ0n) is 20.0. The number of benzene rings is 2. The molecule has 0 unspecified atom stereocenters. The number of anilines is 1. The van der Waals surface area contributed by atoms with Crippen molar-refractivity contribution in [2.75, 3.05) is 31.1 Å². The lowest BCUT2D eigenvalue weighted by Gasteiger charge is -2.35. The van der Waals surface area contributed by atoms with Gasteiger partial charge in [-0.2, -0.15) is 0 Å². The van der Waals surface area contributed by atoms with Gasteiger partial charge in [0.05, 0.1) is 21.7 Å². The SMILES string of the molecule is Cc1noc(C)c1COc1cc2ccccc2cc1C(=O)N1CCN(c2ccc([N+](=O)[O-])cn2)CC1. The number of amides is 1. The van der Waals surface area contributed by atoms with Crippen LogP contribution < -0.4 is 9.64 Å². The van der Waals surface area contributed by atoms with Crippen LogP contribution in [0.1, 0.15) is 27.4 Å². The molecule has 1 aliphatic heterocycles. The molecule has 1 aliphatic rings. The molecule has 2 aromatic heterocycles. The quantitative estimate of drug-likeness (QED) is 0.292. The fourth-order valence-electron chi connectivity index (χ4n) is 4.35. The summed E-state index contributed by atoms with van der Waals surface area (Å²) in [6.07, 6.45) is 1.25. The van der Waals surface area contributed by atoms with Crippen molar-refractivity contribution in [2.45, 2.75) is 20.5 Å². The van der Waals surface area contributed by atoms with E-state index in [2.05, 4.69) is 10.1 Å². The standard InChI is InChI=1S/C26H25N5O5/c1-17-23(18(2)36-28-17)16-35-24-14-20-6-4-3-5-19(20)13-22(24)26(32)30-11-9-29(10-12-30)25-8-7-21(15-27-25)31(33)34/h3-8,13-15H,9-12,16H2,1-2H3. The van der Waals surface area contributed by atoms with Crippen LogP contribution in [0.4, 0.5) is 11.5 Å². The molecule has 0 radical (unpaired) electrons. The van der Waals surface area contributed by atoms with Gasteiger partial charge in [-0.1, -0.05) is 29.4 Å². The first-order valence-electron chi connectivity index (χ1n) is 11.6. The van der Waals surface area contributed by atoms with Crippen molar-refractivity contribution in [3.05, 3.63) is 87.4 Å². The van der Waals surface area contributed by atoms with Gasteiger partial charge in [-0.15, -0.1) is 0 Å². The van der Waals surface area contributed by atoms with Crippen LogP contribution in [0.3, 0.4) is 0 Å². The largest absolute Gasteiger partial charge is 0.488 e. The fourth-order valence-corrected chi connectivity index (χ4v) is 4.35. The summed E-state index contributed by atoms with van der Waals surface area (Å²) >= 11 is 0. The third-order valence-corrected chi connectivity index (χ3v) is 6.47. The number of hydrogen-bond acceptors (Lipinski definition) is 8. The van der Waals surface area contributed by atoms with E-state index in [1.807, 2.05) is 55.1 Å². The number of pyridine rings is 1. The van der Waals surface area contributed by atoms with Gasteiger partial charge in [0.2, 0.25) is 0 Å². The van der Waals surface area contributed by atoms with Crippen molar-refractivity contribution in [1.82, 2.24) is 15.0 Å². The molecule has 0 N–H and O–H groups in total. The number of piperazine rings is 1. The molecule has 184 valence electrons. The van der Waals surface area contributed by atoms with Crippen molar-refractivity contribution in [2.24, 2.45) is 0 Å². The number of carbonyl (C=O) groups excluding carboxylic acids is 1. The molecule has 3 heterocycles. The minimum Gasteiger partial charge on any atom is -0.488 e. The Balaban J connectivity index is 1.35. The van der Waals surface area contributed by atoms with Crippen molar-refractivity contribution in [1.29, 1.82) is 0 Å². The highest BCUT2D eigenvalue weighted by atomic mass is 16.6. The maximum absolute atomic E-state index is 13.6. The molecule has 1 fully saturated rings. The van der Waals surface area contributed by atoms with Gasteiger partial charge in [-0.05, 0) is 42.8 Å². The highest BCUT2D eigenvalue weighted by Gasteiger charge is 2.26. The molecule has 1 saturated heterocycles. The van der Waals surface area contributed by atoms with Crippen LogP contribution in [0, 0.1) is 24.0 Å². The van der Waals surface area contributed by atoms with Crippen molar-refractivity contribution in [3.8, 4) is 5.75 Å². The molecule has 4 aromatic rings. The summed E-state index contributed by atoms with van der Waals surface area (Å²) in [6.45, 7) is 6.07. The van der Waals surface area contributed by atoms with Crippen LogP contribution in [0.25, 0.3) is 10.8 Å². The predicted molar refractivity (Wildman–Crippen MR) is 133 cm³/mol. The fraction of sp³-hybridized carbons (Fsp3) is 0.269. The van der Waals surface area contributed by atoms with Crippen molar-refractivity contribution < 1.29 is 19.0 Å². The Morgan fingerprint density at radius 2 is 1.81 bits per heavy atom. The average Bonchev–Trinajstić information content (AvgIpc) is 3.23. The van der Waals surface area contributed by atoms with Crippen LogP contribution in [-0.2, 0) is 6.61 Å². The summed E-state index contributed by atoms with van der Waals surface area (Å²) < 4.78 is 11.4. The Morgan fingerprint density at radius 1 is 1.08 bits per heavy atom.